The maximum atomic E-state index is 4.69. The quantitative estimate of drug-likeness (QED) is 0.729. The predicted molar refractivity (Wildman–Crippen MR) is 112 cm³/mol. The van der Waals surface area contributed by atoms with Gasteiger partial charge in [-0.1, -0.05) is 13.0 Å². The fourth-order valence-electron chi connectivity index (χ4n) is 3.06. The van der Waals surface area contributed by atoms with Gasteiger partial charge in [0.05, 0.1) is 11.9 Å². The Kier molecular flexibility index (Phi) is 5.31. The first-order valence-corrected chi connectivity index (χ1v) is 10.1. The van der Waals surface area contributed by atoms with E-state index in [1.807, 2.05) is 36.7 Å². The first-order valence-electron chi connectivity index (χ1n) is 9.30. The minimum atomic E-state index is 0.778. The van der Waals surface area contributed by atoms with Gasteiger partial charge in [0.2, 0.25) is 0 Å². The van der Waals surface area contributed by atoms with Gasteiger partial charge in [0.1, 0.15) is 22.3 Å². The molecule has 0 unspecified atom stereocenters. The molecule has 140 valence electrons. The van der Waals surface area contributed by atoms with E-state index in [-0.39, 0.29) is 0 Å². The Labute approximate surface area is 163 Å². The van der Waals surface area contributed by atoms with Crippen molar-refractivity contribution >= 4 is 28.7 Å². The van der Waals surface area contributed by atoms with Gasteiger partial charge in [0, 0.05) is 37.3 Å². The summed E-state index contributed by atoms with van der Waals surface area (Å²) < 4.78 is 0. The summed E-state index contributed by atoms with van der Waals surface area (Å²) in [6, 6.07) is 10.1. The van der Waals surface area contributed by atoms with Crippen molar-refractivity contribution in [2.75, 3.05) is 43.4 Å². The summed E-state index contributed by atoms with van der Waals surface area (Å²) in [5, 5.41) is 4.25. The first kappa shape index (κ1) is 17.9. The van der Waals surface area contributed by atoms with Crippen LogP contribution in [0.15, 0.2) is 42.7 Å². The molecule has 3 aromatic rings. The van der Waals surface area contributed by atoms with Gasteiger partial charge in [0.15, 0.2) is 0 Å². The number of aromatic nitrogens is 3. The maximum Gasteiger partial charge on any atom is 0.142 e. The van der Waals surface area contributed by atoms with Crippen LogP contribution in [0, 0.1) is 0 Å². The second-order valence-corrected chi connectivity index (χ2v) is 7.83. The van der Waals surface area contributed by atoms with Crippen molar-refractivity contribution in [1.82, 2.24) is 19.9 Å². The van der Waals surface area contributed by atoms with E-state index in [0.29, 0.717) is 0 Å². The SMILES string of the molecule is CCc1cnc(-c2cccc(Nc3ccc(N4CCN(C)CC4)cn3)n2)s1. The number of hydrogen-bond donors (Lipinski definition) is 1. The molecule has 6 nitrogen and oxygen atoms in total. The van der Waals surface area contributed by atoms with Crippen molar-refractivity contribution in [3.8, 4) is 10.7 Å². The number of rotatable bonds is 5. The molecule has 1 N–H and O–H groups in total. The van der Waals surface area contributed by atoms with Crippen molar-refractivity contribution in [3.05, 3.63) is 47.6 Å². The Morgan fingerprint density at radius 1 is 1.00 bits per heavy atom. The van der Waals surface area contributed by atoms with Crippen LogP contribution in [-0.2, 0) is 6.42 Å². The van der Waals surface area contributed by atoms with Crippen LogP contribution in [0.3, 0.4) is 0 Å². The summed E-state index contributed by atoms with van der Waals surface area (Å²) in [5.74, 6) is 1.58. The third-order valence-electron chi connectivity index (χ3n) is 4.74. The Bertz CT molecular complexity index is 883. The average molecular weight is 381 g/mol. The van der Waals surface area contributed by atoms with Crippen LogP contribution in [0.5, 0.6) is 0 Å². The van der Waals surface area contributed by atoms with Crippen LogP contribution < -0.4 is 10.2 Å². The largest absolute Gasteiger partial charge is 0.368 e. The normalized spacial score (nSPS) is 15.1. The number of nitrogens with zero attached hydrogens (tertiary/aromatic N) is 5. The zero-order chi connectivity index (χ0) is 18.6. The minimum absolute atomic E-state index is 0.778. The molecule has 0 radical (unpaired) electrons. The van der Waals surface area contributed by atoms with E-state index in [0.717, 1.165) is 54.9 Å². The smallest absolute Gasteiger partial charge is 0.142 e. The summed E-state index contributed by atoms with van der Waals surface area (Å²) >= 11 is 1.69. The van der Waals surface area contributed by atoms with Gasteiger partial charge in [-0.25, -0.2) is 15.0 Å². The Morgan fingerprint density at radius 3 is 2.56 bits per heavy atom. The van der Waals surface area contributed by atoms with Gasteiger partial charge in [-0.2, -0.15) is 0 Å². The Hall–Kier alpha value is -2.51. The molecule has 0 spiro atoms. The molecule has 4 heterocycles. The summed E-state index contributed by atoms with van der Waals surface area (Å²) in [6.45, 7) is 6.41. The number of thiazole rings is 1. The van der Waals surface area contributed by atoms with Gasteiger partial charge in [0.25, 0.3) is 0 Å². The molecule has 7 heteroatoms. The lowest BCUT2D eigenvalue weighted by Crippen LogP contribution is -2.44. The fourth-order valence-corrected chi connectivity index (χ4v) is 3.88. The zero-order valence-corrected chi connectivity index (χ0v) is 16.5. The predicted octanol–water partition coefficient (Wildman–Crippen LogP) is 3.66. The molecular weight excluding hydrogens is 356 g/mol. The maximum absolute atomic E-state index is 4.69. The lowest BCUT2D eigenvalue weighted by atomic mass is 10.3. The van der Waals surface area contributed by atoms with Crippen molar-refractivity contribution in [2.45, 2.75) is 13.3 Å². The van der Waals surface area contributed by atoms with Crippen LogP contribution >= 0.6 is 11.3 Å². The van der Waals surface area contributed by atoms with Gasteiger partial charge < -0.3 is 15.1 Å². The number of piperazine rings is 1. The highest BCUT2D eigenvalue weighted by atomic mass is 32.1. The molecule has 1 aliphatic rings. The average Bonchev–Trinajstić information content (AvgIpc) is 3.19. The number of hydrogen-bond acceptors (Lipinski definition) is 7. The lowest BCUT2D eigenvalue weighted by molar-refractivity contribution is 0.313. The number of anilines is 3. The lowest BCUT2D eigenvalue weighted by Gasteiger charge is -2.33. The first-order chi connectivity index (χ1) is 13.2. The van der Waals surface area contributed by atoms with Crippen LogP contribution in [0.25, 0.3) is 10.7 Å². The van der Waals surface area contributed by atoms with E-state index in [9.17, 15) is 0 Å². The molecule has 1 aliphatic heterocycles. The molecule has 0 bridgehead atoms. The zero-order valence-electron chi connectivity index (χ0n) is 15.7. The van der Waals surface area contributed by atoms with Crippen molar-refractivity contribution in [3.63, 3.8) is 0 Å². The summed E-state index contributed by atoms with van der Waals surface area (Å²) in [7, 11) is 2.17. The molecule has 1 saturated heterocycles. The highest BCUT2D eigenvalue weighted by Gasteiger charge is 2.14. The van der Waals surface area contributed by atoms with Gasteiger partial charge in [-0.05, 0) is 37.7 Å². The molecule has 0 atom stereocenters. The molecular formula is C20H24N6S. The van der Waals surface area contributed by atoms with E-state index in [2.05, 4.69) is 50.1 Å². The molecule has 0 saturated carbocycles. The molecule has 4 rings (SSSR count). The monoisotopic (exact) mass is 380 g/mol. The van der Waals surface area contributed by atoms with Crippen molar-refractivity contribution in [2.24, 2.45) is 0 Å². The molecule has 27 heavy (non-hydrogen) atoms. The van der Waals surface area contributed by atoms with Gasteiger partial charge in [-0.3, -0.25) is 0 Å². The van der Waals surface area contributed by atoms with E-state index in [1.165, 1.54) is 10.6 Å². The van der Waals surface area contributed by atoms with E-state index < -0.39 is 0 Å². The van der Waals surface area contributed by atoms with Crippen LogP contribution in [0.4, 0.5) is 17.3 Å². The van der Waals surface area contributed by atoms with E-state index in [1.54, 1.807) is 11.3 Å². The Balaban J connectivity index is 1.45. The van der Waals surface area contributed by atoms with E-state index in [4.69, 9.17) is 0 Å². The van der Waals surface area contributed by atoms with Crippen molar-refractivity contribution in [1.29, 1.82) is 0 Å². The highest BCUT2D eigenvalue weighted by molar-refractivity contribution is 7.14. The number of pyridine rings is 2. The summed E-state index contributed by atoms with van der Waals surface area (Å²) in [6.07, 6.45) is 4.87. The van der Waals surface area contributed by atoms with Gasteiger partial charge >= 0.3 is 0 Å². The minimum Gasteiger partial charge on any atom is -0.368 e. The second-order valence-electron chi connectivity index (χ2n) is 6.71. The molecule has 3 aromatic heterocycles. The Morgan fingerprint density at radius 2 is 1.85 bits per heavy atom. The third kappa shape index (κ3) is 4.26. The van der Waals surface area contributed by atoms with Crippen LogP contribution in [0.1, 0.15) is 11.8 Å². The molecule has 0 aromatic carbocycles. The van der Waals surface area contributed by atoms with Crippen LogP contribution in [0.2, 0.25) is 0 Å². The third-order valence-corrected chi connectivity index (χ3v) is 5.91. The second kappa shape index (κ2) is 8.02. The number of nitrogens with one attached hydrogen (secondary N) is 1. The van der Waals surface area contributed by atoms with Crippen molar-refractivity contribution < 1.29 is 0 Å². The van der Waals surface area contributed by atoms with E-state index >= 15 is 0 Å². The highest BCUT2D eigenvalue weighted by Crippen LogP contribution is 2.26. The summed E-state index contributed by atoms with van der Waals surface area (Å²) in [5.41, 5.74) is 2.06. The molecule has 0 amide bonds. The number of likely N-dealkylation sites (N-methyl/N-ethyl adjacent to an activating group) is 1. The molecule has 0 aliphatic carbocycles. The fraction of sp³-hybridized carbons (Fsp3) is 0.350. The summed E-state index contributed by atoms with van der Waals surface area (Å²) in [4.78, 5) is 19.7. The number of aryl methyl sites for hydroxylation is 1. The standard InChI is InChI=1S/C20H24N6S/c1-3-16-14-22-20(27-16)17-5-4-6-19(23-17)24-18-8-7-15(13-21-18)26-11-9-25(2)10-12-26/h4-8,13-14H,3,9-12H2,1-2H3,(H,21,23,24). The van der Waals surface area contributed by atoms with Crippen LogP contribution in [-0.4, -0.2) is 53.1 Å². The topological polar surface area (TPSA) is 57.2 Å². The van der Waals surface area contributed by atoms with Gasteiger partial charge in [-0.15, -0.1) is 11.3 Å². The molecule has 1 fully saturated rings.